The molecule has 1 N–H and O–H groups in total. The van der Waals surface area contributed by atoms with E-state index in [0.29, 0.717) is 35.2 Å². The fourth-order valence-corrected chi connectivity index (χ4v) is 4.48. The summed E-state index contributed by atoms with van der Waals surface area (Å²) in [5, 5.41) is 10.5. The van der Waals surface area contributed by atoms with Gasteiger partial charge in [-0.2, -0.15) is 26.3 Å². The third kappa shape index (κ3) is 6.71. The number of aliphatic carboxylic acids is 1. The second-order valence-electron chi connectivity index (χ2n) is 9.43. The van der Waals surface area contributed by atoms with Gasteiger partial charge in [0.1, 0.15) is 0 Å². The predicted octanol–water partition coefficient (Wildman–Crippen LogP) is 7.12. The van der Waals surface area contributed by atoms with Gasteiger partial charge in [0.05, 0.1) is 17.7 Å². The summed E-state index contributed by atoms with van der Waals surface area (Å²) in [5.74, 6) is -1.69. The van der Waals surface area contributed by atoms with Crippen molar-refractivity contribution < 1.29 is 45.7 Å². The number of ether oxygens (including phenoxy) is 2. The number of carbonyl (C=O) groups is 1. The van der Waals surface area contributed by atoms with Crippen LogP contribution >= 0.6 is 0 Å². The molecule has 42 heavy (non-hydrogen) atoms. The number of alkyl halides is 6. The van der Waals surface area contributed by atoms with Gasteiger partial charge in [-0.15, -0.1) is 0 Å². The highest BCUT2D eigenvalue weighted by atomic mass is 19.4. The van der Waals surface area contributed by atoms with Crippen LogP contribution in [0, 0.1) is 13.8 Å². The Morgan fingerprint density at radius 3 is 1.83 bits per heavy atom. The molecule has 0 bridgehead atoms. The molecule has 4 aromatic rings. The third-order valence-electron chi connectivity index (χ3n) is 6.35. The van der Waals surface area contributed by atoms with Gasteiger partial charge in [0.25, 0.3) is 0 Å². The molecule has 0 aliphatic heterocycles. The molecule has 0 spiro atoms. The Hall–Kier alpha value is -4.45. The van der Waals surface area contributed by atoms with Crippen LogP contribution in [-0.2, 0) is 34.1 Å². The van der Waals surface area contributed by atoms with Crippen molar-refractivity contribution in [1.29, 1.82) is 0 Å². The quantitative estimate of drug-likeness (QED) is 0.209. The molecular weight excluding hydrogens is 566 g/mol. The first-order valence-electron chi connectivity index (χ1n) is 12.5. The van der Waals surface area contributed by atoms with E-state index in [4.69, 9.17) is 9.47 Å². The lowest BCUT2D eigenvalue weighted by atomic mass is 9.80. The molecule has 0 fully saturated rings. The van der Waals surface area contributed by atoms with Crippen molar-refractivity contribution in [2.45, 2.75) is 44.5 Å². The van der Waals surface area contributed by atoms with Crippen molar-refractivity contribution in [3.05, 3.63) is 124 Å². The highest BCUT2D eigenvalue weighted by molar-refractivity contribution is 5.76. The van der Waals surface area contributed by atoms with Crippen molar-refractivity contribution in [1.82, 2.24) is 9.97 Å². The molecule has 6 nitrogen and oxygen atoms in total. The summed E-state index contributed by atoms with van der Waals surface area (Å²) in [6, 6.07) is 16.5. The van der Waals surface area contributed by atoms with E-state index in [1.807, 2.05) is 0 Å². The number of halogens is 6. The second kappa shape index (κ2) is 11.8. The topological polar surface area (TPSA) is 81.5 Å². The molecule has 1 aromatic heterocycles. The first kappa shape index (κ1) is 30.5. The molecule has 4 rings (SSSR count). The van der Waals surface area contributed by atoms with E-state index in [2.05, 4.69) is 9.97 Å². The molecule has 3 aromatic carbocycles. The molecule has 0 saturated heterocycles. The molecule has 0 amide bonds. The van der Waals surface area contributed by atoms with Crippen LogP contribution in [0.15, 0.2) is 84.9 Å². The highest BCUT2D eigenvalue weighted by Crippen LogP contribution is 2.43. The molecular formula is C30H24F6N2O4. The highest BCUT2D eigenvalue weighted by Gasteiger charge is 2.51. The summed E-state index contributed by atoms with van der Waals surface area (Å²) >= 11 is 0. The summed E-state index contributed by atoms with van der Waals surface area (Å²) < 4.78 is 93.9. The zero-order chi connectivity index (χ0) is 30.7. The number of carboxylic acid groups (broad SMARTS) is 1. The Morgan fingerprint density at radius 2 is 1.29 bits per heavy atom. The van der Waals surface area contributed by atoms with Crippen LogP contribution in [0.4, 0.5) is 26.3 Å². The van der Waals surface area contributed by atoms with Gasteiger partial charge >= 0.3 is 24.3 Å². The molecule has 0 aliphatic carbocycles. The molecule has 0 unspecified atom stereocenters. The van der Waals surface area contributed by atoms with Crippen molar-refractivity contribution in [3.63, 3.8) is 0 Å². The number of carboxylic acids is 1. The van der Waals surface area contributed by atoms with E-state index in [0.717, 1.165) is 24.3 Å². The average Bonchev–Trinajstić information content (AvgIpc) is 2.92. The number of rotatable bonds is 9. The lowest BCUT2D eigenvalue weighted by Gasteiger charge is -2.39. The molecule has 220 valence electrons. The van der Waals surface area contributed by atoms with Gasteiger partial charge in [0.2, 0.25) is 6.10 Å². The van der Waals surface area contributed by atoms with E-state index < -0.39 is 47.2 Å². The molecule has 1 heterocycles. The monoisotopic (exact) mass is 590 g/mol. The summed E-state index contributed by atoms with van der Waals surface area (Å²) in [6.45, 7) is 2.84. The Balaban J connectivity index is 2.02. The Labute approximate surface area is 236 Å². The lowest BCUT2D eigenvalue weighted by molar-refractivity contribution is -0.166. The van der Waals surface area contributed by atoms with Crippen molar-refractivity contribution >= 4 is 5.97 Å². The van der Waals surface area contributed by atoms with Gasteiger partial charge in [-0.25, -0.2) is 14.8 Å². The van der Waals surface area contributed by atoms with Crippen LogP contribution in [0.2, 0.25) is 0 Å². The predicted molar refractivity (Wildman–Crippen MR) is 138 cm³/mol. The number of aromatic nitrogens is 2. The van der Waals surface area contributed by atoms with Crippen LogP contribution in [0.25, 0.3) is 0 Å². The van der Waals surface area contributed by atoms with Gasteiger partial charge in [-0.05, 0) is 60.9 Å². The van der Waals surface area contributed by atoms with Gasteiger partial charge in [0, 0.05) is 11.4 Å². The number of aryl methyl sites for hydroxylation is 2. The first-order valence-corrected chi connectivity index (χ1v) is 12.5. The zero-order valence-electron chi connectivity index (χ0n) is 22.2. The molecule has 0 radical (unpaired) electrons. The van der Waals surface area contributed by atoms with Gasteiger partial charge < -0.3 is 14.6 Å². The van der Waals surface area contributed by atoms with E-state index in [-0.39, 0.29) is 17.7 Å². The van der Waals surface area contributed by atoms with E-state index >= 15 is 0 Å². The van der Waals surface area contributed by atoms with Gasteiger partial charge in [0.15, 0.2) is 5.60 Å². The third-order valence-corrected chi connectivity index (χ3v) is 6.35. The van der Waals surface area contributed by atoms with Crippen LogP contribution < -0.4 is 4.74 Å². The summed E-state index contributed by atoms with van der Waals surface area (Å²) in [7, 11) is 0. The SMILES string of the molecule is Cc1cc(C)nc(O[C@H](C(=O)O)[C@@](OCc2ccccc2)(c2ccc(C(F)(F)F)cc2)c2cccc(C(F)(F)F)c2)n1. The van der Waals surface area contributed by atoms with Gasteiger partial charge in [-0.3, -0.25) is 0 Å². The largest absolute Gasteiger partial charge is 0.478 e. The van der Waals surface area contributed by atoms with Crippen molar-refractivity contribution in [2.75, 3.05) is 0 Å². The Morgan fingerprint density at radius 1 is 0.738 bits per heavy atom. The molecule has 0 aliphatic rings. The van der Waals surface area contributed by atoms with Crippen molar-refractivity contribution in [3.8, 4) is 6.01 Å². The Kier molecular flexibility index (Phi) is 8.58. The maximum Gasteiger partial charge on any atom is 0.416 e. The molecule has 12 heteroatoms. The van der Waals surface area contributed by atoms with Crippen LogP contribution in [0.5, 0.6) is 6.01 Å². The lowest BCUT2D eigenvalue weighted by Crippen LogP contribution is -2.51. The minimum atomic E-state index is -4.84. The molecule has 2 atom stereocenters. The van der Waals surface area contributed by atoms with Gasteiger partial charge in [-0.1, -0.05) is 54.6 Å². The smallest absolute Gasteiger partial charge is 0.416 e. The average molecular weight is 591 g/mol. The minimum absolute atomic E-state index is 0.206. The van der Waals surface area contributed by atoms with Crippen LogP contribution in [0.3, 0.4) is 0 Å². The minimum Gasteiger partial charge on any atom is -0.478 e. The maximum absolute atomic E-state index is 13.9. The fraction of sp³-hybridized carbons (Fsp3) is 0.233. The Bertz CT molecular complexity index is 1520. The fourth-order valence-electron chi connectivity index (χ4n) is 4.48. The number of benzene rings is 3. The van der Waals surface area contributed by atoms with Crippen molar-refractivity contribution in [2.24, 2.45) is 0 Å². The van der Waals surface area contributed by atoms with E-state index in [1.165, 1.54) is 6.07 Å². The standard InChI is InChI=1S/C30H24F6N2O4/c1-18-15-19(2)38-27(37-18)42-25(26(39)40)28(41-17-20-7-4-3-5-8-20,21-11-13-22(14-12-21)29(31,32)33)23-9-6-10-24(16-23)30(34,35)36/h3-16,25H,17H2,1-2H3,(H,39,40)/t25-,28-/m1/s1. The normalized spacial score (nSPS) is 14.2. The number of nitrogens with zero attached hydrogens (tertiary/aromatic N) is 2. The summed E-state index contributed by atoms with van der Waals surface area (Å²) in [4.78, 5) is 21.1. The first-order chi connectivity index (χ1) is 19.7. The van der Waals surface area contributed by atoms with Crippen LogP contribution in [0.1, 0.15) is 39.2 Å². The zero-order valence-corrected chi connectivity index (χ0v) is 22.2. The van der Waals surface area contributed by atoms with E-state index in [1.54, 1.807) is 50.2 Å². The van der Waals surface area contributed by atoms with E-state index in [9.17, 15) is 36.2 Å². The summed E-state index contributed by atoms with van der Waals surface area (Å²) in [6.07, 6.45) is -11.7. The van der Waals surface area contributed by atoms with Crippen LogP contribution in [-0.4, -0.2) is 27.1 Å². The number of hydrogen-bond donors (Lipinski definition) is 1. The molecule has 0 saturated carbocycles. The number of hydrogen-bond acceptors (Lipinski definition) is 5. The summed E-state index contributed by atoms with van der Waals surface area (Å²) in [5.41, 5.74) is -3.82. The maximum atomic E-state index is 13.9. The second-order valence-corrected chi connectivity index (χ2v) is 9.43.